The summed E-state index contributed by atoms with van der Waals surface area (Å²) in [5.41, 5.74) is 0.575. The first-order valence-corrected chi connectivity index (χ1v) is 10.1. The second kappa shape index (κ2) is 11.5. The Hall–Kier alpha value is -2.17. The summed E-state index contributed by atoms with van der Waals surface area (Å²) in [5, 5.41) is 2.75. The highest BCUT2D eigenvalue weighted by Crippen LogP contribution is 2.32. The van der Waals surface area contributed by atoms with Gasteiger partial charge in [-0.25, -0.2) is 0 Å². The normalized spacial score (nSPS) is 15.7. The predicted molar refractivity (Wildman–Crippen MR) is 104 cm³/mol. The van der Waals surface area contributed by atoms with Crippen LogP contribution in [0.5, 0.6) is 0 Å². The first-order valence-electron chi connectivity index (χ1n) is 10.1. The number of nitrogens with one attached hydrogen (secondary N) is 1. The summed E-state index contributed by atoms with van der Waals surface area (Å²) in [6, 6.07) is 8.91. The Morgan fingerprint density at radius 3 is 2.48 bits per heavy atom. The fourth-order valence-corrected chi connectivity index (χ4v) is 3.60. The van der Waals surface area contributed by atoms with E-state index in [9.17, 15) is 14.4 Å². The number of hydrogen-bond donors (Lipinski definition) is 1. The lowest BCUT2D eigenvalue weighted by molar-refractivity contribution is -0.148. The molecule has 27 heavy (non-hydrogen) atoms. The van der Waals surface area contributed by atoms with E-state index in [1.165, 1.54) is 6.42 Å². The molecule has 2 rings (SSSR count). The molecule has 1 aromatic rings. The minimum absolute atomic E-state index is 0.0447. The first-order chi connectivity index (χ1) is 13.1. The van der Waals surface area contributed by atoms with Gasteiger partial charge in [-0.1, -0.05) is 62.9 Å². The summed E-state index contributed by atoms with van der Waals surface area (Å²) in [7, 11) is 0. The van der Waals surface area contributed by atoms with E-state index in [1.807, 2.05) is 13.0 Å². The van der Waals surface area contributed by atoms with Gasteiger partial charge in [0.15, 0.2) is 5.78 Å². The highest BCUT2D eigenvalue weighted by atomic mass is 16.5. The van der Waals surface area contributed by atoms with Crippen molar-refractivity contribution in [1.82, 2.24) is 5.32 Å². The predicted octanol–water partition coefficient (Wildman–Crippen LogP) is 3.92. The molecular weight excluding hydrogens is 342 g/mol. The second-order valence-electron chi connectivity index (χ2n) is 7.29. The molecule has 0 saturated heterocycles. The smallest absolute Gasteiger partial charge is 0.306 e. The van der Waals surface area contributed by atoms with Gasteiger partial charge in [0.1, 0.15) is 0 Å². The van der Waals surface area contributed by atoms with E-state index >= 15 is 0 Å². The maximum absolute atomic E-state index is 12.8. The van der Waals surface area contributed by atoms with Gasteiger partial charge < -0.3 is 10.1 Å². The summed E-state index contributed by atoms with van der Waals surface area (Å²) >= 11 is 0. The standard InChI is InChI=1S/C22H31NO4/c1-2-3-14-27-21(25)15-19(17-10-6-4-7-11-17)22(26)23-16-20(24)18-12-8-5-9-13-18/h5,8-9,12-13,17,19H,2-4,6-7,10-11,14-16H2,1H3,(H,23,26). The summed E-state index contributed by atoms with van der Waals surface area (Å²) in [6.45, 7) is 2.40. The number of ketones is 1. The average Bonchev–Trinajstić information content (AvgIpc) is 2.71. The molecule has 1 N–H and O–H groups in total. The Kier molecular flexibility index (Phi) is 9.02. The quantitative estimate of drug-likeness (QED) is 0.383. The summed E-state index contributed by atoms with van der Waals surface area (Å²) in [4.78, 5) is 37.2. The SMILES string of the molecule is CCCCOC(=O)CC(C(=O)NCC(=O)c1ccccc1)C1CCCCC1. The molecule has 0 radical (unpaired) electrons. The number of carbonyl (C=O) groups is 3. The van der Waals surface area contributed by atoms with E-state index in [0.29, 0.717) is 12.2 Å². The van der Waals surface area contributed by atoms with Gasteiger partial charge in [-0.05, 0) is 25.2 Å². The Morgan fingerprint density at radius 1 is 1.11 bits per heavy atom. The van der Waals surface area contributed by atoms with E-state index in [-0.39, 0.29) is 36.5 Å². The van der Waals surface area contributed by atoms with Gasteiger partial charge in [-0.3, -0.25) is 14.4 Å². The Bertz CT molecular complexity index is 608. The zero-order valence-corrected chi connectivity index (χ0v) is 16.2. The van der Waals surface area contributed by atoms with Crippen LogP contribution in [0.3, 0.4) is 0 Å². The fourth-order valence-electron chi connectivity index (χ4n) is 3.60. The van der Waals surface area contributed by atoms with Crippen molar-refractivity contribution in [2.75, 3.05) is 13.2 Å². The third kappa shape index (κ3) is 7.16. The van der Waals surface area contributed by atoms with Gasteiger partial charge >= 0.3 is 5.97 Å². The number of ether oxygens (including phenoxy) is 1. The molecule has 0 aliphatic heterocycles. The lowest BCUT2D eigenvalue weighted by Crippen LogP contribution is -2.39. The van der Waals surface area contributed by atoms with E-state index < -0.39 is 5.92 Å². The van der Waals surface area contributed by atoms with Crippen molar-refractivity contribution in [3.05, 3.63) is 35.9 Å². The number of rotatable bonds is 10. The number of amides is 1. The van der Waals surface area contributed by atoms with Crippen molar-refractivity contribution in [3.63, 3.8) is 0 Å². The number of carbonyl (C=O) groups excluding carboxylic acids is 3. The molecule has 1 aliphatic carbocycles. The number of hydrogen-bond acceptors (Lipinski definition) is 4. The number of Topliss-reactive ketones (excluding diaryl/α,β-unsaturated/α-hetero) is 1. The molecule has 1 unspecified atom stereocenters. The average molecular weight is 373 g/mol. The van der Waals surface area contributed by atoms with Crippen LogP contribution in [0, 0.1) is 11.8 Å². The molecule has 1 aliphatic rings. The highest BCUT2D eigenvalue weighted by Gasteiger charge is 2.32. The van der Waals surface area contributed by atoms with Crippen LogP contribution in [-0.4, -0.2) is 30.8 Å². The van der Waals surface area contributed by atoms with Gasteiger partial charge in [-0.15, -0.1) is 0 Å². The number of esters is 1. The van der Waals surface area contributed by atoms with Gasteiger partial charge in [-0.2, -0.15) is 0 Å². The van der Waals surface area contributed by atoms with Crippen molar-refractivity contribution in [2.45, 2.75) is 58.3 Å². The monoisotopic (exact) mass is 373 g/mol. The molecule has 1 amide bonds. The van der Waals surface area contributed by atoms with Crippen molar-refractivity contribution in [1.29, 1.82) is 0 Å². The molecule has 1 atom stereocenters. The molecule has 1 aromatic carbocycles. The molecule has 0 bridgehead atoms. The molecule has 0 heterocycles. The van der Waals surface area contributed by atoms with Crippen LogP contribution in [0.15, 0.2) is 30.3 Å². The summed E-state index contributed by atoms with van der Waals surface area (Å²) in [6.07, 6.45) is 7.14. The van der Waals surface area contributed by atoms with E-state index in [0.717, 1.165) is 38.5 Å². The Balaban J connectivity index is 1.93. The van der Waals surface area contributed by atoms with Crippen molar-refractivity contribution >= 4 is 17.7 Å². The van der Waals surface area contributed by atoms with Crippen molar-refractivity contribution < 1.29 is 19.1 Å². The molecule has 5 nitrogen and oxygen atoms in total. The Morgan fingerprint density at radius 2 is 1.81 bits per heavy atom. The van der Waals surface area contributed by atoms with E-state index in [2.05, 4.69) is 5.32 Å². The van der Waals surface area contributed by atoms with Crippen molar-refractivity contribution in [2.24, 2.45) is 11.8 Å². The number of benzene rings is 1. The summed E-state index contributed by atoms with van der Waals surface area (Å²) < 4.78 is 5.26. The van der Waals surface area contributed by atoms with Gasteiger partial charge in [0.05, 0.1) is 25.5 Å². The van der Waals surface area contributed by atoms with Crippen molar-refractivity contribution in [3.8, 4) is 0 Å². The first kappa shape index (κ1) is 21.1. The molecular formula is C22H31NO4. The highest BCUT2D eigenvalue weighted by molar-refractivity contribution is 5.99. The zero-order valence-electron chi connectivity index (χ0n) is 16.2. The van der Waals surface area contributed by atoms with Crippen LogP contribution >= 0.6 is 0 Å². The van der Waals surface area contributed by atoms with E-state index in [4.69, 9.17) is 4.74 Å². The second-order valence-corrected chi connectivity index (χ2v) is 7.29. The van der Waals surface area contributed by atoms with Gasteiger partial charge in [0.2, 0.25) is 5.91 Å². The van der Waals surface area contributed by atoms with Crippen LogP contribution in [0.2, 0.25) is 0 Å². The zero-order chi connectivity index (χ0) is 19.5. The molecule has 0 aromatic heterocycles. The number of unbranched alkanes of at least 4 members (excludes halogenated alkanes) is 1. The van der Waals surface area contributed by atoms with Gasteiger partial charge in [0, 0.05) is 5.56 Å². The molecule has 1 fully saturated rings. The van der Waals surface area contributed by atoms with Crippen LogP contribution in [0.4, 0.5) is 0 Å². The Labute approximate surface area is 161 Å². The summed E-state index contributed by atoms with van der Waals surface area (Å²) in [5.74, 6) is -0.883. The maximum atomic E-state index is 12.8. The van der Waals surface area contributed by atoms with Crippen LogP contribution < -0.4 is 5.32 Å². The minimum atomic E-state index is -0.414. The third-order valence-corrected chi connectivity index (χ3v) is 5.22. The lowest BCUT2D eigenvalue weighted by Gasteiger charge is -2.28. The minimum Gasteiger partial charge on any atom is -0.466 e. The fraction of sp³-hybridized carbons (Fsp3) is 0.591. The van der Waals surface area contributed by atoms with E-state index in [1.54, 1.807) is 24.3 Å². The third-order valence-electron chi connectivity index (χ3n) is 5.22. The van der Waals surface area contributed by atoms with Crippen LogP contribution in [0.25, 0.3) is 0 Å². The molecule has 5 heteroatoms. The van der Waals surface area contributed by atoms with Gasteiger partial charge in [0.25, 0.3) is 0 Å². The molecule has 1 saturated carbocycles. The maximum Gasteiger partial charge on any atom is 0.306 e. The largest absolute Gasteiger partial charge is 0.466 e. The van der Waals surface area contributed by atoms with Crippen LogP contribution in [0.1, 0.15) is 68.6 Å². The van der Waals surface area contributed by atoms with Crippen LogP contribution in [-0.2, 0) is 14.3 Å². The lowest BCUT2D eigenvalue weighted by atomic mass is 9.78. The molecule has 0 spiro atoms. The topological polar surface area (TPSA) is 72.5 Å². The molecule has 148 valence electrons.